The zero-order chi connectivity index (χ0) is 9.10. The van der Waals surface area contributed by atoms with Gasteiger partial charge in [-0.15, -0.1) is 0 Å². The molecular formula is C10H13FN2. The Kier molecular flexibility index (Phi) is 2.54. The monoisotopic (exact) mass is 180 g/mol. The summed E-state index contributed by atoms with van der Waals surface area (Å²) in [5, 5.41) is 3.30. The van der Waals surface area contributed by atoms with E-state index in [2.05, 4.69) is 10.3 Å². The standard InChI is InChI=1S/C10H13FN2/c11-10-6-8(2-4-13-10)5-9-1-3-12-7-9/h2,4,6,9,12H,1,3,5,7H2. The molecule has 1 aromatic rings. The number of rotatable bonds is 2. The molecule has 1 aliphatic rings. The molecule has 0 aromatic carbocycles. The largest absolute Gasteiger partial charge is 0.316 e. The third kappa shape index (κ3) is 2.25. The van der Waals surface area contributed by atoms with Crippen LogP contribution in [0.15, 0.2) is 18.3 Å². The minimum Gasteiger partial charge on any atom is -0.316 e. The Balaban J connectivity index is 2.00. The fourth-order valence-electron chi connectivity index (χ4n) is 1.79. The highest BCUT2D eigenvalue weighted by Crippen LogP contribution is 2.14. The van der Waals surface area contributed by atoms with Crippen LogP contribution in [0.2, 0.25) is 0 Å². The number of nitrogens with zero attached hydrogens (tertiary/aromatic N) is 1. The van der Waals surface area contributed by atoms with E-state index in [1.165, 1.54) is 18.7 Å². The Bertz CT molecular complexity index is 282. The van der Waals surface area contributed by atoms with Crippen molar-refractivity contribution in [3.05, 3.63) is 29.8 Å². The highest BCUT2D eigenvalue weighted by atomic mass is 19.1. The summed E-state index contributed by atoms with van der Waals surface area (Å²) in [7, 11) is 0. The van der Waals surface area contributed by atoms with Gasteiger partial charge < -0.3 is 5.32 Å². The summed E-state index contributed by atoms with van der Waals surface area (Å²) in [6.45, 7) is 2.15. The van der Waals surface area contributed by atoms with Crippen LogP contribution in [0.1, 0.15) is 12.0 Å². The first-order chi connectivity index (χ1) is 6.34. The highest BCUT2D eigenvalue weighted by Gasteiger charge is 2.14. The van der Waals surface area contributed by atoms with E-state index in [0.29, 0.717) is 5.92 Å². The van der Waals surface area contributed by atoms with E-state index in [-0.39, 0.29) is 5.95 Å². The number of halogens is 1. The van der Waals surface area contributed by atoms with Crippen LogP contribution >= 0.6 is 0 Å². The van der Waals surface area contributed by atoms with Gasteiger partial charge in [-0.25, -0.2) is 4.98 Å². The van der Waals surface area contributed by atoms with E-state index in [0.717, 1.165) is 25.1 Å². The molecule has 2 heterocycles. The third-order valence-corrected chi connectivity index (χ3v) is 2.48. The molecule has 1 aromatic heterocycles. The van der Waals surface area contributed by atoms with Gasteiger partial charge in [0.1, 0.15) is 0 Å². The van der Waals surface area contributed by atoms with Crippen LogP contribution in [0, 0.1) is 11.9 Å². The van der Waals surface area contributed by atoms with Gasteiger partial charge in [-0.1, -0.05) is 0 Å². The van der Waals surface area contributed by atoms with Crippen LogP contribution in [0.3, 0.4) is 0 Å². The van der Waals surface area contributed by atoms with Crippen LogP contribution in [0.4, 0.5) is 4.39 Å². The van der Waals surface area contributed by atoms with E-state index in [9.17, 15) is 4.39 Å². The Morgan fingerprint density at radius 3 is 3.23 bits per heavy atom. The lowest BCUT2D eigenvalue weighted by Crippen LogP contribution is -2.10. The minimum atomic E-state index is -0.372. The predicted octanol–water partition coefficient (Wildman–Crippen LogP) is 1.37. The van der Waals surface area contributed by atoms with Gasteiger partial charge in [0.05, 0.1) is 0 Å². The van der Waals surface area contributed by atoms with Gasteiger partial charge >= 0.3 is 0 Å². The van der Waals surface area contributed by atoms with E-state index in [1.54, 1.807) is 0 Å². The molecule has 0 radical (unpaired) electrons. The smallest absolute Gasteiger partial charge is 0.213 e. The number of hydrogen-bond acceptors (Lipinski definition) is 2. The van der Waals surface area contributed by atoms with Crippen molar-refractivity contribution < 1.29 is 4.39 Å². The summed E-state index contributed by atoms with van der Waals surface area (Å²) in [4.78, 5) is 3.53. The fourth-order valence-corrected chi connectivity index (χ4v) is 1.79. The number of aromatic nitrogens is 1. The summed E-state index contributed by atoms with van der Waals surface area (Å²) < 4.78 is 12.7. The van der Waals surface area contributed by atoms with Gasteiger partial charge in [0.25, 0.3) is 0 Å². The number of nitrogens with one attached hydrogen (secondary N) is 1. The molecule has 0 amide bonds. The van der Waals surface area contributed by atoms with Crippen LogP contribution in [-0.4, -0.2) is 18.1 Å². The molecule has 70 valence electrons. The van der Waals surface area contributed by atoms with Crippen LogP contribution in [-0.2, 0) is 6.42 Å². The van der Waals surface area contributed by atoms with Crippen molar-refractivity contribution in [2.75, 3.05) is 13.1 Å². The second-order valence-corrected chi connectivity index (χ2v) is 3.55. The topological polar surface area (TPSA) is 24.9 Å². The molecule has 1 saturated heterocycles. The second kappa shape index (κ2) is 3.83. The van der Waals surface area contributed by atoms with Crippen molar-refractivity contribution in [2.45, 2.75) is 12.8 Å². The number of hydrogen-bond donors (Lipinski definition) is 1. The molecular weight excluding hydrogens is 167 g/mol. The summed E-state index contributed by atoms with van der Waals surface area (Å²) in [5.41, 5.74) is 1.06. The minimum absolute atomic E-state index is 0.372. The summed E-state index contributed by atoms with van der Waals surface area (Å²) in [6.07, 6.45) is 3.70. The molecule has 3 heteroatoms. The van der Waals surface area contributed by atoms with Crippen LogP contribution in [0.5, 0.6) is 0 Å². The zero-order valence-corrected chi connectivity index (χ0v) is 7.46. The first kappa shape index (κ1) is 8.63. The highest BCUT2D eigenvalue weighted by molar-refractivity contribution is 5.12. The van der Waals surface area contributed by atoms with Crippen molar-refractivity contribution >= 4 is 0 Å². The van der Waals surface area contributed by atoms with Crippen molar-refractivity contribution in [1.29, 1.82) is 0 Å². The molecule has 1 unspecified atom stereocenters. The van der Waals surface area contributed by atoms with Gasteiger partial charge in [-0.3, -0.25) is 0 Å². The molecule has 1 N–H and O–H groups in total. The van der Waals surface area contributed by atoms with Crippen LogP contribution < -0.4 is 5.32 Å². The van der Waals surface area contributed by atoms with Gasteiger partial charge in [-0.05, 0) is 49.5 Å². The Hall–Kier alpha value is -0.960. The molecule has 2 nitrogen and oxygen atoms in total. The average Bonchev–Trinajstić information content (AvgIpc) is 2.57. The average molecular weight is 180 g/mol. The molecule has 1 atom stereocenters. The Morgan fingerprint density at radius 1 is 1.62 bits per heavy atom. The lowest BCUT2D eigenvalue weighted by molar-refractivity contribution is 0.559. The van der Waals surface area contributed by atoms with E-state index >= 15 is 0 Å². The molecule has 0 spiro atoms. The van der Waals surface area contributed by atoms with Gasteiger partial charge in [0.2, 0.25) is 5.95 Å². The maximum absolute atomic E-state index is 12.7. The fraction of sp³-hybridized carbons (Fsp3) is 0.500. The Morgan fingerprint density at radius 2 is 2.54 bits per heavy atom. The quantitative estimate of drug-likeness (QED) is 0.695. The van der Waals surface area contributed by atoms with Crippen molar-refractivity contribution in [1.82, 2.24) is 10.3 Å². The Labute approximate surface area is 77.2 Å². The second-order valence-electron chi connectivity index (χ2n) is 3.55. The number of pyridine rings is 1. The summed E-state index contributed by atoms with van der Waals surface area (Å²) in [5.74, 6) is 0.297. The molecule has 0 saturated carbocycles. The molecule has 0 bridgehead atoms. The van der Waals surface area contributed by atoms with E-state index in [1.807, 2.05) is 6.07 Å². The summed E-state index contributed by atoms with van der Waals surface area (Å²) >= 11 is 0. The molecule has 2 rings (SSSR count). The summed E-state index contributed by atoms with van der Waals surface area (Å²) in [6, 6.07) is 3.42. The zero-order valence-electron chi connectivity index (χ0n) is 7.46. The molecule has 0 aliphatic carbocycles. The molecule has 1 fully saturated rings. The molecule has 1 aliphatic heterocycles. The van der Waals surface area contributed by atoms with E-state index in [4.69, 9.17) is 0 Å². The van der Waals surface area contributed by atoms with Crippen molar-refractivity contribution in [2.24, 2.45) is 5.92 Å². The lowest BCUT2D eigenvalue weighted by atomic mass is 10.00. The SMILES string of the molecule is Fc1cc(CC2CCNC2)ccn1. The normalized spacial score (nSPS) is 22.1. The van der Waals surface area contributed by atoms with Crippen molar-refractivity contribution in [3.63, 3.8) is 0 Å². The maximum Gasteiger partial charge on any atom is 0.213 e. The van der Waals surface area contributed by atoms with Crippen molar-refractivity contribution in [3.8, 4) is 0 Å². The predicted molar refractivity (Wildman–Crippen MR) is 48.9 cm³/mol. The van der Waals surface area contributed by atoms with Crippen LogP contribution in [0.25, 0.3) is 0 Å². The van der Waals surface area contributed by atoms with Gasteiger partial charge in [0, 0.05) is 6.20 Å². The lowest BCUT2D eigenvalue weighted by Gasteiger charge is -2.07. The van der Waals surface area contributed by atoms with E-state index < -0.39 is 0 Å². The first-order valence-corrected chi connectivity index (χ1v) is 4.66. The molecule has 13 heavy (non-hydrogen) atoms. The van der Waals surface area contributed by atoms with Gasteiger partial charge in [-0.2, -0.15) is 4.39 Å². The third-order valence-electron chi connectivity index (χ3n) is 2.48. The first-order valence-electron chi connectivity index (χ1n) is 4.66. The van der Waals surface area contributed by atoms with Gasteiger partial charge in [0.15, 0.2) is 0 Å². The maximum atomic E-state index is 12.7.